The smallest absolute Gasteiger partial charge is 0.407 e. The van der Waals surface area contributed by atoms with Crippen molar-refractivity contribution in [2.45, 2.75) is 32.4 Å². The molecule has 39 heavy (non-hydrogen) atoms. The minimum atomic E-state index is -0.882. The lowest BCUT2D eigenvalue weighted by molar-refractivity contribution is -0.122. The molecule has 0 aliphatic carbocycles. The Morgan fingerprint density at radius 2 is 0.974 bits per heavy atom. The number of alkyl carbamates (subject to hydrolysis) is 1. The number of rotatable bonds is 27. The monoisotopic (exact) mass is 569 g/mol. The van der Waals surface area contributed by atoms with Crippen LogP contribution < -0.4 is 16.4 Å². The topological polar surface area (TPSA) is 167 Å². The highest BCUT2D eigenvalue weighted by Gasteiger charge is 2.18. The first-order chi connectivity index (χ1) is 18.8. The van der Waals surface area contributed by atoms with Gasteiger partial charge in [-0.25, -0.2) is 4.79 Å². The molecule has 0 bridgehead atoms. The number of carbonyl (C=O) groups is 2. The standard InChI is InChI=1S/C25H51N3O11/c1-25(2,3)39-24(30)28-21-22(26)23(29)27-5-6-32-9-10-34-13-14-36-17-18-38-20-19-37-16-15-35-12-11-33-8-7-31-4/h22H,5-21,26H2,1-4H3,(H,27,29)(H,28,30). The largest absolute Gasteiger partial charge is 0.444 e. The van der Waals surface area contributed by atoms with Crippen LogP contribution in [-0.4, -0.2) is 143 Å². The van der Waals surface area contributed by atoms with Crippen LogP contribution in [0.4, 0.5) is 4.79 Å². The quantitative estimate of drug-likeness (QED) is 0.111. The van der Waals surface area contributed by atoms with Crippen LogP contribution in [0.1, 0.15) is 20.8 Å². The van der Waals surface area contributed by atoms with Crippen LogP contribution in [0.5, 0.6) is 0 Å². The van der Waals surface area contributed by atoms with E-state index < -0.39 is 17.7 Å². The van der Waals surface area contributed by atoms with Crippen molar-refractivity contribution in [2.24, 2.45) is 5.73 Å². The minimum Gasteiger partial charge on any atom is -0.444 e. The molecule has 2 amide bonds. The summed E-state index contributed by atoms with van der Waals surface area (Å²) in [5, 5.41) is 5.11. The van der Waals surface area contributed by atoms with E-state index in [1.807, 2.05) is 0 Å². The van der Waals surface area contributed by atoms with Crippen molar-refractivity contribution in [3.05, 3.63) is 0 Å². The Hall–Kier alpha value is -1.62. The number of hydrogen-bond donors (Lipinski definition) is 3. The van der Waals surface area contributed by atoms with Gasteiger partial charge in [0.25, 0.3) is 0 Å². The molecule has 0 aromatic rings. The minimum absolute atomic E-state index is 0.0263. The van der Waals surface area contributed by atoms with Gasteiger partial charge in [-0.15, -0.1) is 0 Å². The van der Waals surface area contributed by atoms with Gasteiger partial charge in [0.05, 0.1) is 99.1 Å². The van der Waals surface area contributed by atoms with Crippen LogP contribution in [0.3, 0.4) is 0 Å². The van der Waals surface area contributed by atoms with E-state index in [2.05, 4.69) is 10.6 Å². The average molecular weight is 570 g/mol. The van der Waals surface area contributed by atoms with Crippen molar-refractivity contribution < 1.29 is 52.2 Å². The van der Waals surface area contributed by atoms with Gasteiger partial charge in [-0.2, -0.15) is 0 Å². The van der Waals surface area contributed by atoms with Gasteiger partial charge >= 0.3 is 6.09 Å². The van der Waals surface area contributed by atoms with Gasteiger partial charge in [-0.05, 0) is 20.8 Å². The Morgan fingerprint density at radius 1 is 0.615 bits per heavy atom. The first-order valence-corrected chi connectivity index (χ1v) is 13.3. The van der Waals surface area contributed by atoms with Crippen LogP contribution in [0.25, 0.3) is 0 Å². The van der Waals surface area contributed by atoms with Gasteiger partial charge < -0.3 is 59.0 Å². The fraction of sp³-hybridized carbons (Fsp3) is 0.920. The van der Waals surface area contributed by atoms with Gasteiger partial charge in [0, 0.05) is 20.2 Å². The normalized spacial score (nSPS) is 12.3. The number of hydrogen-bond acceptors (Lipinski definition) is 12. The van der Waals surface area contributed by atoms with Crippen LogP contribution in [0.15, 0.2) is 0 Å². The zero-order valence-electron chi connectivity index (χ0n) is 24.2. The fourth-order valence-corrected chi connectivity index (χ4v) is 2.54. The highest BCUT2D eigenvalue weighted by atomic mass is 16.6. The van der Waals surface area contributed by atoms with Gasteiger partial charge in [-0.1, -0.05) is 0 Å². The summed E-state index contributed by atoms with van der Waals surface area (Å²) in [6.07, 6.45) is -0.622. The predicted molar refractivity (Wildman–Crippen MR) is 143 cm³/mol. The molecule has 0 rings (SSSR count). The van der Waals surface area contributed by atoms with E-state index in [4.69, 9.17) is 48.4 Å². The van der Waals surface area contributed by atoms with Gasteiger partial charge in [0.2, 0.25) is 5.91 Å². The highest BCUT2D eigenvalue weighted by Crippen LogP contribution is 2.06. The maximum atomic E-state index is 11.9. The lowest BCUT2D eigenvalue weighted by atomic mass is 10.2. The van der Waals surface area contributed by atoms with Crippen LogP contribution in [0, 0.1) is 0 Å². The maximum Gasteiger partial charge on any atom is 0.407 e. The lowest BCUT2D eigenvalue weighted by Crippen LogP contribution is -2.49. The summed E-state index contributed by atoms with van der Waals surface area (Å²) in [6, 6.07) is -0.882. The zero-order valence-corrected chi connectivity index (χ0v) is 24.2. The van der Waals surface area contributed by atoms with Crippen molar-refractivity contribution in [3.63, 3.8) is 0 Å². The third-order valence-electron chi connectivity index (χ3n) is 4.41. The lowest BCUT2D eigenvalue weighted by Gasteiger charge is -2.20. The fourth-order valence-electron chi connectivity index (χ4n) is 2.54. The van der Waals surface area contributed by atoms with Crippen molar-refractivity contribution in [2.75, 3.05) is 119 Å². The van der Waals surface area contributed by atoms with Crippen LogP contribution in [-0.2, 0) is 47.4 Å². The number of ether oxygens (including phenoxy) is 9. The van der Waals surface area contributed by atoms with Crippen molar-refractivity contribution >= 4 is 12.0 Å². The predicted octanol–water partition coefficient (Wildman–Crippen LogP) is -0.283. The Morgan fingerprint density at radius 3 is 1.33 bits per heavy atom. The van der Waals surface area contributed by atoms with E-state index in [-0.39, 0.29) is 12.5 Å². The number of carbonyl (C=O) groups excluding carboxylic acids is 2. The molecule has 0 aromatic heterocycles. The summed E-state index contributed by atoms with van der Waals surface area (Å²) < 4.78 is 47.7. The molecule has 0 aliphatic rings. The van der Waals surface area contributed by atoms with E-state index in [1.54, 1.807) is 27.9 Å². The van der Waals surface area contributed by atoms with E-state index in [9.17, 15) is 9.59 Å². The Kier molecular flexibility index (Phi) is 25.5. The Bertz CT molecular complexity index is 580. The second-order valence-electron chi connectivity index (χ2n) is 9.06. The van der Waals surface area contributed by atoms with Crippen molar-refractivity contribution in [1.82, 2.24) is 10.6 Å². The molecular weight excluding hydrogens is 518 g/mol. The second kappa shape index (κ2) is 26.6. The molecule has 0 saturated carbocycles. The molecule has 4 N–H and O–H groups in total. The third-order valence-corrected chi connectivity index (χ3v) is 4.41. The first-order valence-electron chi connectivity index (χ1n) is 13.3. The summed E-state index contributed by atoms with van der Waals surface area (Å²) in [4.78, 5) is 23.5. The molecule has 1 atom stereocenters. The van der Waals surface area contributed by atoms with E-state index in [1.165, 1.54) is 0 Å². The van der Waals surface area contributed by atoms with E-state index in [0.717, 1.165) is 0 Å². The highest BCUT2D eigenvalue weighted by molar-refractivity contribution is 5.82. The molecule has 0 spiro atoms. The Labute approximate surface area is 232 Å². The molecule has 0 aromatic carbocycles. The van der Waals surface area contributed by atoms with Crippen molar-refractivity contribution in [1.29, 1.82) is 0 Å². The first kappa shape index (κ1) is 37.4. The summed E-state index contributed by atoms with van der Waals surface area (Å²) in [6.45, 7) is 12.7. The Balaban J connectivity index is 3.29. The molecule has 1 unspecified atom stereocenters. The summed E-state index contributed by atoms with van der Waals surface area (Å²) in [7, 11) is 1.64. The summed E-state index contributed by atoms with van der Waals surface area (Å²) >= 11 is 0. The van der Waals surface area contributed by atoms with Crippen LogP contribution in [0.2, 0.25) is 0 Å². The second-order valence-corrected chi connectivity index (χ2v) is 9.06. The number of amides is 2. The molecule has 14 heteroatoms. The maximum absolute atomic E-state index is 11.9. The molecule has 0 saturated heterocycles. The number of nitrogens with two attached hydrogens (primary N) is 1. The third kappa shape index (κ3) is 29.2. The number of nitrogens with one attached hydrogen (secondary N) is 2. The summed E-state index contributed by atoms with van der Waals surface area (Å²) in [5.41, 5.74) is 5.13. The zero-order chi connectivity index (χ0) is 29.0. The van der Waals surface area contributed by atoms with Gasteiger partial charge in [0.15, 0.2) is 0 Å². The molecule has 0 heterocycles. The number of methoxy groups -OCH3 is 1. The molecule has 232 valence electrons. The van der Waals surface area contributed by atoms with Gasteiger partial charge in [-0.3, -0.25) is 4.79 Å². The molecule has 0 aliphatic heterocycles. The average Bonchev–Trinajstić information content (AvgIpc) is 2.88. The molecule has 14 nitrogen and oxygen atoms in total. The van der Waals surface area contributed by atoms with E-state index in [0.29, 0.717) is 106 Å². The van der Waals surface area contributed by atoms with Gasteiger partial charge in [0.1, 0.15) is 11.6 Å². The van der Waals surface area contributed by atoms with Crippen LogP contribution >= 0.6 is 0 Å². The molecule has 0 fully saturated rings. The van der Waals surface area contributed by atoms with E-state index >= 15 is 0 Å². The molecule has 0 radical (unpaired) electrons. The SMILES string of the molecule is COCCOCCOCCOCCOCCOCCOCCOCCNC(=O)C(N)CNC(=O)OC(C)(C)C. The molecular formula is C25H51N3O11. The van der Waals surface area contributed by atoms with Crippen molar-refractivity contribution in [3.8, 4) is 0 Å². The summed E-state index contributed by atoms with van der Waals surface area (Å²) in [5.74, 6) is -0.388.